The van der Waals surface area contributed by atoms with Crippen molar-refractivity contribution in [1.82, 2.24) is 10.2 Å². The van der Waals surface area contributed by atoms with Gasteiger partial charge in [0.25, 0.3) is 0 Å². The van der Waals surface area contributed by atoms with Crippen LogP contribution in [0.5, 0.6) is 5.75 Å². The number of carbonyl (C=O) groups is 1. The Morgan fingerprint density at radius 3 is 2.30 bits per heavy atom. The summed E-state index contributed by atoms with van der Waals surface area (Å²) in [6.45, 7) is 11.6. The molecule has 0 bridgehead atoms. The molecule has 0 spiro atoms. The molecule has 0 heterocycles. The van der Waals surface area contributed by atoms with Crippen LogP contribution in [0.1, 0.15) is 46.1 Å². The molecule has 0 aromatic heterocycles. The molecule has 0 aliphatic carbocycles. The van der Waals surface area contributed by atoms with Crippen molar-refractivity contribution in [3.8, 4) is 5.75 Å². The Hall–Kier alpha value is -1.55. The molecule has 0 saturated heterocycles. The summed E-state index contributed by atoms with van der Waals surface area (Å²) >= 11 is 0. The van der Waals surface area contributed by atoms with Crippen molar-refractivity contribution in [1.29, 1.82) is 0 Å². The highest BCUT2D eigenvalue weighted by atomic mass is 16.5. The Bertz CT molecular complexity index is 463. The van der Waals surface area contributed by atoms with E-state index in [0.717, 1.165) is 44.8 Å². The van der Waals surface area contributed by atoms with Gasteiger partial charge in [-0.05, 0) is 49.5 Å². The summed E-state index contributed by atoms with van der Waals surface area (Å²) in [5.41, 5.74) is 1.50. The fourth-order valence-electron chi connectivity index (χ4n) is 2.30. The van der Waals surface area contributed by atoms with Gasteiger partial charge in [0.2, 0.25) is 5.91 Å². The fraction of sp³-hybridized carbons (Fsp3) is 0.632. The molecular weight excluding hydrogens is 288 g/mol. The molecule has 0 aliphatic heterocycles. The van der Waals surface area contributed by atoms with E-state index in [1.165, 1.54) is 5.56 Å². The normalized spacial score (nSPS) is 11.6. The lowest BCUT2D eigenvalue weighted by Gasteiger charge is -2.19. The highest BCUT2D eigenvalue weighted by molar-refractivity contribution is 5.72. The summed E-state index contributed by atoms with van der Waals surface area (Å²) in [6, 6.07) is 8.39. The molecule has 0 radical (unpaired) electrons. The van der Waals surface area contributed by atoms with Crippen molar-refractivity contribution in [3.63, 3.8) is 0 Å². The Labute approximate surface area is 141 Å². The number of hydrogen-bond donors (Lipinski definition) is 1. The van der Waals surface area contributed by atoms with E-state index in [4.69, 9.17) is 4.74 Å². The van der Waals surface area contributed by atoms with Gasteiger partial charge in [-0.3, -0.25) is 4.79 Å². The van der Waals surface area contributed by atoms with Crippen LogP contribution in [0.4, 0.5) is 0 Å². The quantitative estimate of drug-likeness (QED) is 0.710. The molecule has 1 rings (SSSR count). The van der Waals surface area contributed by atoms with Crippen LogP contribution in [0.3, 0.4) is 0 Å². The third kappa shape index (κ3) is 8.60. The van der Waals surface area contributed by atoms with E-state index in [-0.39, 0.29) is 11.3 Å². The summed E-state index contributed by atoms with van der Waals surface area (Å²) in [7, 11) is 2.10. The number of amides is 1. The number of rotatable bonds is 9. The maximum Gasteiger partial charge on any atom is 0.216 e. The monoisotopic (exact) mass is 320 g/mol. The number of nitrogens with zero attached hydrogens (tertiary/aromatic N) is 1. The summed E-state index contributed by atoms with van der Waals surface area (Å²) in [5.74, 6) is 0.977. The van der Waals surface area contributed by atoms with Gasteiger partial charge in [-0.1, -0.05) is 32.9 Å². The molecule has 0 saturated carbocycles. The highest BCUT2D eigenvalue weighted by Crippen LogP contribution is 2.24. The van der Waals surface area contributed by atoms with Crippen LogP contribution in [0.25, 0.3) is 0 Å². The Kier molecular flexibility index (Phi) is 8.10. The van der Waals surface area contributed by atoms with Crippen LogP contribution in [-0.2, 0) is 10.2 Å². The SMILES string of the molecule is CC(=O)NCCCN(C)CCCOc1ccc(C(C)(C)C)cc1. The zero-order valence-electron chi connectivity index (χ0n) is 15.3. The second kappa shape index (κ2) is 9.56. The molecule has 130 valence electrons. The van der Waals surface area contributed by atoms with Crippen LogP contribution in [0.15, 0.2) is 24.3 Å². The van der Waals surface area contributed by atoms with Crippen LogP contribution in [0, 0.1) is 0 Å². The zero-order chi connectivity index (χ0) is 17.3. The van der Waals surface area contributed by atoms with Crippen molar-refractivity contribution in [2.24, 2.45) is 0 Å². The molecule has 0 aliphatic rings. The first-order valence-corrected chi connectivity index (χ1v) is 8.45. The topological polar surface area (TPSA) is 41.6 Å². The first-order chi connectivity index (χ1) is 10.8. The number of hydrogen-bond acceptors (Lipinski definition) is 3. The van der Waals surface area contributed by atoms with Gasteiger partial charge in [0.15, 0.2) is 0 Å². The maximum atomic E-state index is 10.8. The van der Waals surface area contributed by atoms with Gasteiger partial charge in [-0.2, -0.15) is 0 Å². The maximum absolute atomic E-state index is 10.8. The van der Waals surface area contributed by atoms with E-state index >= 15 is 0 Å². The van der Waals surface area contributed by atoms with E-state index < -0.39 is 0 Å². The van der Waals surface area contributed by atoms with Crippen molar-refractivity contribution >= 4 is 5.91 Å². The Morgan fingerprint density at radius 1 is 1.13 bits per heavy atom. The van der Waals surface area contributed by atoms with Crippen LogP contribution in [0.2, 0.25) is 0 Å². The van der Waals surface area contributed by atoms with Crippen LogP contribution < -0.4 is 10.1 Å². The van der Waals surface area contributed by atoms with Crippen molar-refractivity contribution in [3.05, 3.63) is 29.8 Å². The number of carbonyl (C=O) groups excluding carboxylic acids is 1. The van der Waals surface area contributed by atoms with E-state index in [9.17, 15) is 4.79 Å². The minimum atomic E-state index is 0.0403. The number of nitrogens with one attached hydrogen (secondary N) is 1. The fourth-order valence-corrected chi connectivity index (χ4v) is 2.30. The van der Waals surface area contributed by atoms with E-state index in [1.807, 2.05) is 0 Å². The number of benzene rings is 1. The average molecular weight is 320 g/mol. The van der Waals surface area contributed by atoms with E-state index in [2.05, 4.69) is 62.3 Å². The van der Waals surface area contributed by atoms with Gasteiger partial charge in [0, 0.05) is 20.0 Å². The molecule has 1 N–H and O–H groups in total. The molecule has 4 heteroatoms. The lowest BCUT2D eigenvalue weighted by atomic mass is 9.87. The van der Waals surface area contributed by atoms with Crippen molar-refractivity contribution in [2.45, 2.75) is 46.0 Å². The van der Waals surface area contributed by atoms with Gasteiger partial charge >= 0.3 is 0 Å². The first-order valence-electron chi connectivity index (χ1n) is 8.45. The van der Waals surface area contributed by atoms with Crippen LogP contribution >= 0.6 is 0 Å². The predicted octanol–water partition coefficient (Wildman–Crippen LogP) is 3.21. The van der Waals surface area contributed by atoms with Crippen LogP contribution in [-0.4, -0.2) is 44.1 Å². The third-order valence-corrected chi connectivity index (χ3v) is 3.76. The molecule has 1 aromatic rings. The van der Waals surface area contributed by atoms with Gasteiger partial charge in [-0.25, -0.2) is 0 Å². The summed E-state index contributed by atoms with van der Waals surface area (Å²) in [5, 5.41) is 2.81. The Balaban J connectivity index is 2.16. The van der Waals surface area contributed by atoms with Gasteiger partial charge in [0.1, 0.15) is 5.75 Å². The smallest absolute Gasteiger partial charge is 0.216 e. The molecule has 1 aromatic carbocycles. The summed E-state index contributed by atoms with van der Waals surface area (Å²) < 4.78 is 5.80. The van der Waals surface area contributed by atoms with Gasteiger partial charge < -0.3 is 15.0 Å². The minimum Gasteiger partial charge on any atom is -0.494 e. The average Bonchev–Trinajstić information content (AvgIpc) is 2.47. The Morgan fingerprint density at radius 2 is 1.74 bits per heavy atom. The molecule has 23 heavy (non-hydrogen) atoms. The highest BCUT2D eigenvalue weighted by Gasteiger charge is 2.12. The second-order valence-corrected chi connectivity index (χ2v) is 7.12. The molecule has 0 unspecified atom stereocenters. The van der Waals surface area contributed by atoms with E-state index in [0.29, 0.717) is 0 Å². The molecular formula is C19H32N2O2. The summed E-state index contributed by atoms with van der Waals surface area (Å²) in [4.78, 5) is 13.0. The standard InChI is InChI=1S/C19H32N2O2/c1-16(22)20-12-6-13-21(5)14-7-15-23-18-10-8-17(9-11-18)19(2,3)4/h8-11H,6-7,12-15H2,1-5H3,(H,20,22). The van der Waals surface area contributed by atoms with Crippen molar-refractivity contribution in [2.75, 3.05) is 33.3 Å². The molecule has 4 nitrogen and oxygen atoms in total. The second-order valence-electron chi connectivity index (χ2n) is 7.12. The molecule has 1 amide bonds. The van der Waals surface area contributed by atoms with Crippen molar-refractivity contribution < 1.29 is 9.53 Å². The lowest BCUT2D eigenvalue weighted by Crippen LogP contribution is -2.27. The third-order valence-electron chi connectivity index (χ3n) is 3.76. The van der Waals surface area contributed by atoms with Gasteiger partial charge in [-0.15, -0.1) is 0 Å². The zero-order valence-corrected chi connectivity index (χ0v) is 15.3. The van der Waals surface area contributed by atoms with Gasteiger partial charge in [0.05, 0.1) is 6.61 Å². The summed E-state index contributed by atoms with van der Waals surface area (Å²) in [6.07, 6.45) is 1.98. The largest absolute Gasteiger partial charge is 0.494 e. The predicted molar refractivity (Wildman–Crippen MR) is 96.1 cm³/mol. The lowest BCUT2D eigenvalue weighted by molar-refractivity contribution is -0.118. The molecule has 0 atom stereocenters. The minimum absolute atomic E-state index is 0.0403. The van der Waals surface area contributed by atoms with E-state index in [1.54, 1.807) is 6.92 Å². The number of ether oxygens (including phenoxy) is 1. The molecule has 0 fully saturated rings. The first kappa shape index (κ1) is 19.5.